The van der Waals surface area contributed by atoms with Gasteiger partial charge < -0.3 is 14.8 Å². The highest BCUT2D eigenvalue weighted by atomic mass is 32.2. The van der Waals surface area contributed by atoms with E-state index in [4.69, 9.17) is 4.42 Å². The van der Waals surface area contributed by atoms with Gasteiger partial charge in [0.2, 0.25) is 0 Å². The number of anilines is 1. The van der Waals surface area contributed by atoms with Gasteiger partial charge in [0.1, 0.15) is 0 Å². The van der Waals surface area contributed by atoms with Crippen LogP contribution in [0.1, 0.15) is 48.3 Å². The van der Waals surface area contributed by atoms with E-state index in [1.807, 2.05) is 18.2 Å². The van der Waals surface area contributed by atoms with E-state index < -0.39 is 16.1 Å². The van der Waals surface area contributed by atoms with Gasteiger partial charge in [0.05, 0.1) is 17.2 Å². The molecule has 0 spiro atoms. The summed E-state index contributed by atoms with van der Waals surface area (Å²) in [4.78, 5) is 8.57. The molecule has 3 N–H and O–H groups in total. The fourth-order valence-electron chi connectivity index (χ4n) is 4.18. The second-order valence-electron chi connectivity index (χ2n) is 9.27. The predicted octanol–water partition coefficient (Wildman–Crippen LogP) is 4.67. The van der Waals surface area contributed by atoms with Gasteiger partial charge in [0, 0.05) is 41.7 Å². The summed E-state index contributed by atoms with van der Waals surface area (Å²) in [5, 5.41) is 13.4. The number of hydrogen-bond donors (Lipinski definition) is 3. The molecule has 1 aliphatic carbocycles. The van der Waals surface area contributed by atoms with Gasteiger partial charge in [-0.25, -0.2) is 13.4 Å². The molecule has 8 nitrogen and oxygen atoms in total. The first-order valence-corrected chi connectivity index (χ1v) is 13.9. The van der Waals surface area contributed by atoms with Gasteiger partial charge in [-0.05, 0) is 73.8 Å². The van der Waals surface area contributed by atoms with Crippen LogP contribution in [-0.2, 0) is 16.4 Å². The quantitative estimate of drug-likeness (QED) is 0.247. The fourth-order valence-corrected chi connectivity index (χ4v) is 5.24. The highest BCUT2D eigenvalue weighted by Gasteiger charge is 2.24. The zero-order valence-electron chi connectivity index (χ0n) is 20.4. The van der Waals surface area contributed by atoms with Crippen molar-refractivity contribution in [3.05, 3.63) is 96.3 Å². The summed E-state index contributed by atoms with van der Waals surface area (Å²) in [6.07, 6.45) is 8.60. The second kappa shape index (κ2) is 11.2. The molecule has 4 aromatic rings. The van der Waals surface area contributed by atoms with Crippen LogP contribution in [-0.4, -0.2) is 36.6 Å². The number of aromatic nitrogens is 2. The number of rotatable bonds is 11. The fraction of sp³-hybridized carbons (Fsp3) is 0.286. The number of oxazole rings is 1. The van der Waals surface area contributed by atoms with Crippen LogP contribution in [0.15, 0.2) is 88.6 Å². The Morgan fingerprint density at radius 1 is 1.03 bits per heavy atom. The Morgan fingerprint density at radius 2 is 1.81 bits per heavy atom. The van der Waals surface area contributed by atoms with Crippen LogP contribution < -0.4 is 10.0 Å². The maximum atomic E-state index is 12.9. The maximum absolute atomic E-state index is 12.9. The third-order valence-corrected chi connectivity index (χ3v) is 8.03. The standard InChI is InChI=1S/C28H30N4O4S/c33-26(23-5-2-15-29-17-23)18-30-16-14-20-6-10-24(11-7-20)32-37(34,35)25-12-8-21(9-13-25)27-19-31-28(36-27)22-3-1-4-22/h2,5-13,15,17,19,22,26,30,32-33H,1,3-4,14,16,18H2. The lowest BCUT2D eigenvalue weighted by molar-refractivity contribution is 0.174. The van der Waals surface area contributed by atoms with Crippen LogP contribution >= 0.6 is 0 Å². The van der Waals surface area contributed by atoms with Crippen LogP contribution in [0, 0.1) is 0 Å². The summed E-state index contributed by atoms with van der Waals surface area (Å²) in [5.74, 6) is 1.82. The Morgan fingerprint density at radius 3 is 2.49 bits per heavy atom. The summed E-state index contributed by atoms with van der Waals surface area (Å²) >= 11 is 0. The summed E-state index contributed by atoms with van der Waals surface area (Å²) < 4.78 is 34.3. The molecule has 192 valence electrons. The Balaban J connectivity index is 1.12. The number of benzene rings is 2. The molecule has 0 bridgehead atoms. The Kier molecular flexibility index (Phi) is 7.64. The maximum Gasteiger partial charge on any atom is 0.261 e. The van der Waals surface area contributed by atoms with Crippen molar-refractivity contribution in [3.63, 3.8) is 0 Å². The normalized spacial score (nSPS) is 14.7. The molecule has 37 heavy (non-hydrogen) atoms. The summed E-state index contributed by atoms with van der Waals surface area (Å²) in [6.45, 7) is 1.11. The SMILES string of the molecule is O=S(=O)(Nc1ccc(CCNCC(O)c2cccnc2)cc1)c1ccc(-c2cnc(C3CCC3)o2)cc1. The molecule has 0 amide bonds. The Hall–Kier alpha value is -3.53. The van der Waals surface area contributed by atoms with Gasteiger partial charge >= 0.3 is 0 Å². The van der Waals surface area contributed by atoms with Crippen molar-refractivity contribution in [2.45, 2.75) is 42.6 Å². The van der Waals surface area contributed by atoms with Gasteiger partial charge in [-0.1, -0.05) is 24.6 Å². The molecule has 1 unspecified atom stereocenters. The largest absolute Gasteiger partial charge is 0.440 e. The molecule has 1 aliphatic rings. The van der Waals surface area contributed by atoms with E-state index in [1.165, 1.54) is 6.42 Å². The third kappa shape index (κ3) is 6.25. The zero-order valence-corrected chi connectivity index (χ0v) is 21.2. The average Bonchev–Trinajstić information content (AvgIpc) is 3.36. The van der Waals surface area contributed by atoms with Crippen molar-refractivity contribution in [1.82, 2.24) is 15.3 Å². The molecule has 1 saturated carbocycles. The number of sulfonamides is 1. The third-order valence-electron chi connectivity index (χ3n) is 6.63. The lowest BCUT2D eigenvalue weighted by Crippen LogP contribution is -2.23. The smallest absolute Gasteiger partial charge is 0.261 e. The molecule has 0 saturated heterocycles. The van der Waals surface area contributed by atoms with Crippen LogP contribution in [0.5, 0.6) is 0 Å². The zero-order chi connectivity index (χ0) is 25.7. The van der Waals surface area contributed by atoms with Gasteiger partial charge in [0.25, 0.3) is 10.0 Å². The first-order valence-electron chi connectivity index (χ1n) is 12.4. The molecular formula is C28H30N4O4S. The molecule has 0 radical (unpaired) electrons. The number of pyridine rings is 1. The van der Waals surface area contributed by atoms with E-state index >= 15 is 0 Å². The van der Waals surface area contributed by atoms with Crippen LogP contribution in [0.3, 0.4) is 0 Å². The highest BCUT2D eigenvalue weighted by molar-refractivity contribution is 7.92. The lowest BCUT2D eigenvalue weighted by Gasteiger charge is -2.21. The summed E-state index contributed by atoms with van der Waals surface area (Å²) in [7, 11) is -3.73. The average molecular weight is 519 g/mol. The lowest BCUT2D eigenvalue weighted by atomic mass is 9.85. The summed E-state index contributed by atoms with van der Waals surface area (Å²) in [5.41, 5.74) is 3.12. The minimum absolute atomic E-state index is 0.176. The van der Waals surface area contributed by atoms with Gasteiger partial charge in [-0.2, -0.15) is 0 Å². The molecule has 1 atom stereocenters. The van der Waals surface area contributed by atoms with E-state index in [2.05, 4.69) is 20.0 Å². The van der Waals surface area contributed by atoms with Crippen molar-refractivity contribution >= 4 is 15.7 Å². The van der Waals surface area contributed by atoms with Crippen molar-refractivity contribution < 1.29 is 17.9 Å². The molecule has 1 fully saturated rings. The second-order valence-corrected chi connectivity index (χ2v) is 11.0. The van der Waals surface area contributed by atoms with Crippen molar-refractivity contribution in [3.8, 4) is 11.3 Å². The van der Waals surface area contributed by atoms with E-state index in [-0.39, 0.29) is 4.90 Å². The van der Waals surface area contributed by atoms with Gasteiger partial charge in [-0.15, -0.1) is 0 Å². The molecule has 2 heterocycles. The number of nitrogens with zero attached hydrogens (tertiary/aromatic N) is 2. The summed E-state index contributed by atoms with van der Waals surface area (Å²) in [6, 6.07) is 17.6. The number of nitrogens with one attached hydrogen (secondary N) is 2. The monoisotopic (exact) mass is 518 g/mol. The van der Waals surface area contributed by atoms with Gasteiger partial charge in [-0.3, -0.25) is 9.71 Å². The number of hydrogen-bond acceptors (Lipinski definition) is 7. The molecule has 5 rings (SSSR count). The topological polar surface area (TPSA) is 117 Å². The predicted molar refractivity (Wildman–Crippen MR) is 142 cm³/mol. The van der Waals surface area contributed by atoms with Crippen LogP contribution in [0.4, 0.5) is 5.69 Å². The highest BCUT2D eigenvalue weighted by Crippen LogP contribution is 2.37. The van der Waals surface area contributed by atoms with Crippen molar-refractivity contribution in [2.75, 3.05) is 17.8 Å². The van der Waals surface area contributed by atoms with Crippen molar-refractivity contribution in [2.24, 2.45) is 0 Å². The van der Waals surface area contributed by atoms with E-state index in [0.29, 0.717) is 30.5 Å². The minimum Gasteiger partial charge on any atom is -0.440 e. The molecule has 2 aromatic carbocycles. The van der Waals surface area contributed by atoms with E-state index in [1.54, 1.807) is 61.1 Å². The van der Waals surface area contributed by atoms with Crippen LogP contribution in [0.25, 0.3) is 11.3 Å². The van der Waals surface area contributed by atoms with Crippen molar-refractivity contribution in [1.29, 1.82) is 0 Å². The first-order chi connectivity index (χ1) is 18.0. The number of aliphatic hydroxyl groups excluding tert-OH is 1. The Labute approximate surface area is 216 Å². The van der Waals surface area contributed by atoms with E-state index in [9.17, 15) is 13.5 Å². The molecule has 0 aliphatic heterocycles. The Bertz CT molecular complexity index is 1400. The van der Waals surface area contributed by atoms with Gasteiger partial charge in [0.15, 0.2) is 11.7 Å². The minimum atomic E-state index is -3.73. The van der Waals surface area contributed by atoms with E-state index in [0.717, 1.165) is 41.8 Å². The van der Waals surface area contributed by atoms with Crippen LogP contribution in [0.2, 0.25) is 0 Å². The molecule has 2 aromatic heterocycles. The first kappa shape index (κ1) is 25.1. The number of aliphatic hydroxyl groups is 1. The molecule has 9 heteroatoms. The molecular weight excluding hydrogens is 488 g/mol.